The van der Waals surface area contributed by atoms with Crippen molar-refractivity contribution in [2.45, 2.75) is 111 Å². The highest BCUT2D eigenvalue weighted by Gasteiger charge is 2.14. The van der Waals surface area contributed by atoms with Crippen LogP contribution in [0.15, 0.2) is 54.2 Å². The third-order valence-corrected chi connectivity index (χ3v) is 8.71. The fourth-order valence-corrected chi connectivity index (χ4v) is 6.10. The van der Waals surface area contributed by atoms with Crippen LogP contribution in [0.4, 0.5) is 5.69 Å². The van der Waals surface area contributed by atoms with Gasteiger partial charge in [0, 0.05) is 24.7 Å². The van der Waals surface area contributed by atoms with Crippen LogP contribution >= 0.6 is 22.9 Å². The van der Waals surface area contributed by atoms with E-state index in [0.717, 1.165) is 36.4 Å². The van der Waals surface area contributed by atoms with Crippen molar-refractivity contribution in [1.29, 1.82) is 0 Å². The highest BCUT2D eigenvalue weighted by atomic mass is 79.9. The number of amides is 1. The fourth-order valence-electron chi connectivity index (χ4n) is 5.21. The van der Waals surface area contributed by atoms with Gasteiger partial charge in [-0.05, 0) is 49.6 Å². The smallest absolute Gasteiger partial charge is 0.225 e. The van der Waals surface area contributed by atoms with Crippen molar-refractivity contribution in [2.75, 3.05) is 18.1 Å². The van der Waals surface area contributed by atoms with Crippen molar-refractivity contribution in [1.82, 2.24) is 0 Å². The number of unbranched alkanes of at least 4 members (excludes halogenated alkanes) is 11. The number of carbonyl (C=O) groups excluding carboxylic acids is 1. The molecule has 1 amide bonds. The first-order valence-corrected chi connectivity index (χ1v) is 16.9. The van der Waals surface area contributed by atoms with Gasteiger partial charge < -0.3 is 26.6 Å². The van der Waals surface area contributed by atoms with Crippen molar-refractivity contribution < 1.29 is 31.1 Å². The van der Waals surface area contributed by atoms with Crippen molar-refractivity contribution in [3.8, 4) is 5.75 Å². The summed E-state index contributed by atoms with van der Waals surface area (Å²) in [6.07, 6.45) is 18.9. The van der Waals surface area contributed by atoms with Crippen LogP contribution in [0.5, 0.6) is 5.75 Å². The van der Waals surface area contributed by atoms with Gasteiger partial charge in [0.1, 0.15) is 5.75 Å². The summed E-state index contributed by atoms with van der Waals surface area (Å²) < 4.78 is 8.16. The van der Waals surface area contributed by atoms with E-state index < -0.39 is 0 Å². The lowest BCUT2D eigenvalue weighted by Gasteiger charge is -2.22. The Bertz CT molecular complexity index is 1190. The SMILES string of the molecule is CCCCCCCCCCCCCCOc1ccc(CCN(C(C)=O)c2cccc(C[n+]3csc(C)c3)c2)cc1Cl.[Br-]. The molecule has 3 rings (SSSR count). The van der Waals surface area contributed by atoms with E-state index >= 15 is 0 Å². The van der Waals surface area contributed by atoms with Crippen LogP contribution in [-0.2, 0) is 17.8 Å². The molecule has 7 heteroatoms. The number of benzene rings is 2. The largest absolute Gasteiger partial charge is 1.00 e. The summed E-state index contributed by atoms with van der Waals surface area (Å²) in [5.41, 5.74) is 5.32. The minimum absolute atomic E-state index is 0. The Hall–Kier alpha value is -1.89. The van der Waals surface area contributed by atoms with Crippen LogP contribution in [0.25, 0.3) is 0 Å². The van der Waals surface area contributed by atoms with Crippen LogP contribution in [0.1, 0.15) is 107 Å². The first-order chi connectivity index (χ1) is 20.0. The summed E-state index contributed by atoms with van der Waals surface area (Å²) in [7, 11) is 0. The molecule has 0 spiro atoms. The monoisotopic (exact) mass is 676 g/mol. The first-order valence-electron chi connectivity index (χ1n) is 15.7. The third-order valence-electron chi connectivity index (χ3n) is 7.56. The third kappa shape index (κ3) is 13.6. The summed E-state index contributed by atoms with van der Waals surface area (Å²) in [5.74, 6) is 0.783. The van der Waals surface area contributed by atoms with Gasteiger partial charge in [-0.2, -0.15) is 4.57 Å². The number of hydrogen-bond acceptors (Lipinski definition) is 3. The van der Waals surface area contributed by atoms with E-state index in [1.54, 1.807) is 18.3 Å². The number of nitrogens with zero attached hydrogens (tertiary/aromatic N) is 2. The number of rotatable bonds is 20. The van der Waals surface area contributed by atoms with Gasteiger partial charge in [-0.25, -0.2) is 0 Å². The number of thiazole rings is 1. The van der Waals surface area contributed by atoms with E-state index in [1.165, 1.54) is 81.1 Å². The second kappa shape index (κ2) is 20.9. The molecule has 0 bridgehead atoms. The number of hydrogen-bond donors (Lipinski definition) is 0. The van der Waals surface area contributed by atoms with E-state index in [1.807, 2.05) is 29.2 Å². The lowest BCUT2D eigenvalue weighted by atomic mass is 10.1. The predicted octanol–water partition coefficient (Wildman–Crippen LogP) is 6.73. The number of aromatic nitrogens is 1. The molecule has 0 atom stereocenters. The highest BCUT2D eigenvalue weighted by molar-refractivity contribution is 7.09. The van der Waals surface area contributed by atoms with Crippen LogP contribution < -0.4 is 31.2 Å². The van der Waals surface area contributed by atoms with Gasteiger partial charge in [-0.1, -0.05) is 119 Å². The van der Waals surface area contributed by atoms with Gasteiger partial charge in [0.2, 0.25) is 11.4 Å². The van der Waals surface area contributed by atoms with Gasteiger partial charge in [0.25, 0.3) is 0 Å². The molecule has 0 fully saturated rings. The van der Waals surface area contributed by atoms with E-state index in [-0.39, 0.29) is 22.9 Å². The standard InChI is InChI=1S/C35H50ClN2O2S.BrH/c1-4-5-6-7-8-9-10-11-12-13-14-15-23-40-35-20-19-31(25-34(35)36)21-22-38(30(3)39)33-18-16-17-32(24-33)27-37-26-29(2)41-28-37;/h16-20,24-26,28H,4-15,21-23,27H2,1-3H3;1H/q+1;/p-1. The molecule has 0 saturated heterocycles. The minimum Gasteiger partial charge on any atom is -1.00 e. The van der Waals surface area contributed by atoms with Crippen LogP contribution in [0, 0.1) is 6.92 Å². The Morgan fingerprint density at radius 1 is 0.905 bits per heavy atom. The average Bonchev–Trinajstić information content (AvgIpc) is 3.36. The average molecular weight is 678 g/mol. The molecule has 4 nitrogen and oxygen atoms in total. The zero-order chi connectivity index (χ0) is 29.3. The van der Waals surface area contributed by atoms with Crippen molar-refractivity contribution in [2.24, 2.45) is 0 Å². The van der Waals surface area contributed by atoms with Gasteiger partial charge in [0.15, 0.2) is 12.7 Å². The molecular formula is C35H50BrClN2O2S. The van der Waals surface area contributed by atoms with Crippen molar-refractivity contribution in [3.05, 3.63) is 75.2 Å². The van der Waals surface area contributed by atoms with Gasteiger partial charge in [-0.3, -0.25) is 4.79 Å². The summed E-state index contributed by atoms with van der Waals surface area (Å²) in [6.45, 7) is 8.10. The summed E-state index contributed by atoms with van der Waals surface area (Å²) >= 11 is 8.31. The van der Waals surface area contributed by atoms with Crippen molar-refractivity contribution in [3.63, 3.8) is 0 Å². The lowest BCUT2D eigenvalue weighted by Crippen LogP contribution is -3.00. The first kappa shape index (κ1) is 36.3. The summed E-state index contributed by atoms with van der Waals surface area (Å²) in [5, 5.41) is 0.640. The molecule has 2 aromatic carbocycles. The number of halogens is 2. The Morgan fingerprint density at radius 3 is 2.17 bits per heavy atom. The van der Waals surface area contributed by atoms with E-state index in [9.17, 15) is 4.79 Å². The Morgan fingerprint density at radius 2 is 1.57 bits per heavy atom. The maximum Gasteiger partial charge on any atom is 0.225 e. The molecule has 0 unspecified atom stereocenters. The Labute approximate surface area is 274 Å². The van der Waals surface area contributed by atoms with Crippen LogP contribution in [-0.4, -0.2) is 19.1 Å². The molecule has 3 aromatic rings. The molecule has 0 aliphatic heterocycles. The second-order valence-corrected chi connectivity index (χ2v) is 12.7. The number of ether oxygens (including phenoxy) is 1. The molecule has 0 radical (unpaired) electrons. The number of carbonyl (C=O) groups is 1. The molecule has 0 aliphatic carbocycles. The topological polar surface area (TPSA) is 33.4 Å². The highest BCUT2D eigenvalue weighted by Crippen LogP contribution is 2.27. The quantitative estimate of drug-likeness (QED) is 0.0983. The molecule has 0 N–H and O–H groups in total. The van der Waals surface area contributed by atoms with E-state index in [2.05, 4.69) is 48.3 Å². The normalized spacial score (nSPS) is 10.9. The van der Waals surface area contributed by atoms with Crippen molar-refractivity contribution >= 4 is 34.5 Å². The zero-order valence-corrected chi connectivity index (χ0v) is 29.0. The molecular weight excluding hydrogens is 628 g/mol. The summed E-state index contributed by atoms with van der Waals surface area (Å²) in [6, 6.07) is 14.3. The maximum absolute atomic E-state index is 12.5. The Kier molecular flexibility index (Phi) is 18.1. The Balaban J connectivity index is 0.00000616. The maximum atomic E-state index is 12.5. The second-order valence-electron chi connectivity index (χ2n) is 11.2. The number of aryl methyl sites for hydroxylation is 1. The fraction of sp³-hybridized carbons (Fsp3) is 0.543. The van der Waals surface area contributed by atoms with E-state index in [4.69, 9.17) is 16.3 Å². The van der Waals surface area contributed by atoms with Crippen LogP contribution in [0.2, 0.25) is 5.02 Å². The van der Waals surface area contributed by atoms with Gasteiger partial charge >= 0.3 is 0 Å². The lowest BCUT2D eigenvalue weighted by molar-refractivity contribution is -0.683. The molecule has 1 aromatic heterocycles. The zero-order valence-electron chi connectivity index (χ0n) is 25.9. The molecule has 0 saturated carbocycles. The molecule has 0 aliphatic rings. The van der Waals surface area contributed by atoms with Gasteiger partial charge in [0.05, 0.1) is 16.5 Å². The number of anilines is 1. The minimum atomic E-state index is 0. The molecule has 42 heavy (non-hydrogen) atoms. The predicted molar refractivity (Wildman–Crippen MR) is 175 cm³/mol. The molecule has 1 heterocycles. The van der Waals surface area contributed by atoms with Gasteiger partial charge in [-0.15, -0.1) is 0 Å². The van der Waals surface area contributed by atoms with E-state index in [0.29, 0.717) is 18.2 Å². The van der Waals surface area contributed by atoms with Crippen LogP contribution in [0.3, 0.4) is 0 Å². The summed E-state index contributed by atoms with van der Waals surface area (Å²) in [4.78, 5) is 15.7. The molecule has 232 valence electrons.